The van der Waals surface area contributed by atoms with Crippen LogP contribution in [-0.4, -0.2) is 43.9 Å². The molecule has 2 N–H and O–H groups in total. The smallest absolute Gasteiger partial charge is 0.239 e. The number of aromatic nitrogens is 2. The number of anilines is 1. The third-order valence-corrected chi connectivity index (χ3v) is 6.98. The van der Waals surface area contributed by atoms with Crippen LogP contribution in [0.25, 0.3) is 0 Å². The molecule has 0 saturated carbocycles. The zero-order chi connectivity index (χ0) is 20.8. The lowest BCUT2D eigenvalue weighted by Crippen LogP contribution is -2.36. The highest BCUT2D eigenvalue weighted by Crippen LogP contribution is 2.30. The maximum Gasteiger partial charge on any atom is 0.239 e. The lowest BCUT2D eigenvalue weighted by atomic mass is 10.1. The predicted molar refractivity (Wildman–Crippen MR) is 120 cm³/mol. The Labute approximate surface area is 181 Å². The minimum atomic E-state index is -0.348. The monoisotopic (exact) mass is 448 g/mol. The molecule has 1 aliphatic heterocycles. The molecular formula is C18H20N6O2S3. The summed E-state index contributed by atoms with van der Waals surface area (Å²) in [4.78, 5) is 23.7. The Balaban J connectivity index is 1.60. The van der Waals surface area contributed by atoms with Gasteiger partial charge < -0.3 is 10.6 Å². The van der Waals surface area contributed by atoms with E-state index in [1.54, 1.807) is 0 Å². The lowest BCUT2D eigenvalue weighted by Gasteiger charge is -2.16. The first-order chi connectivity index (χ1) is 13.9. The fourth-order valence-corrected chi connectivity index (χ4v) is 5.07. The highest BCUT2D eigenvalue weighted by molar-refractivity contribution is 8.14. The molecule has 29 heavy (non-hydrogen) atoms. The van der Waals surface area contributed by atoms with Crippen molar-refractivity contribution in [1.29, 1.82) is 0 Å². The van der Waals surface area contributed by atoms with Gasteiger partial charge in [-0.25, -0.2) is 0 Å². The van der Waals surface area contributed by atoms with Crippen molar-refractivity contribution in [2.45, 2.75) is 36.8 Å². The molecule has 0 spiro atoms. The van der Waals surface area contributed by atoms with E-state index in [1.807, 2.05) is 38.1 Å². The summed E-state index contributed by atoms with van der Waals surface area (Å²) in [6.45, 7) is 5.37. The SMILES string of the molecule is CC[C@@H](Sc1nnc(NC(C)=O)s1)C(=O)NC1=NN=C(c2ccc(C)cc2)CS1. The first-order valence-corrected chi connectivity index (χ1v) is 11.6. The van der Waals surface area contributed by atoms with Gasteiger partial charge in [-0.15, -0.1) is 15.3 Å². The molecule has 1 aromatic carbocycles. The molecule has 2 heterocycles. The Bertz CT molecular complexity index is 955. The molecular weight excluding hydrogens is 428 g/mol. The molecule has 1 aromatic heterocycles. The number of nitrogens with zero attached hydrogens (tertiary/aromatic N) is 4. The molecule has 2 aromatic rings. The van der Waals surface area contributed by atoms with E-state index in [1.165, 1.54) is 47.3 Å². The fraction of sp³-hybridized carbons (Fsp3) is 0.333. The molecule has 1 aliphatic rings. The van der Waals surface area contributed by atoms with Gasteiger partial charge in [-0.05, 0) is 18.9 Å². The second-order valence-corrected chi connectivity index (χ2v) is 9.56. The minimum absolute atomic E-state index is 0.158. The summed E-state index contributed by atoms with van der Waals surface area (Å²) in [5, 5.41) is 22.3. The quantitative estimate of drug-likeness (QED) is 0.518. The van der Waals surface area contributed by atoms with Crippen molar-refractivity contribution in [1.82, 2.24) is 15.5 Å². The Hall–Kier alpha value is -2.24. The fourth-order valence-electron chi connectivity index (χ4n) is 2.34. The molecule has 2 amide bonds. The first-order valence-electron chi connectivity index (χ1n) is 8.87. The van der Waals surface area contributed by atoms with Crippen LogP contribution in [0.1, 0.15) is 31.4 Å². The number of benzene rings is 1. The highest BCUT2D eigenvalue weighted by atomic mass is 32.2. The molecule has 11 heteroatoms. The number of carbonyl (C=O) groups excluding carboxylic acids is 2. The molecule has 0 bridgehead atoms. The number of hydrogen-bond donors (Lipinski definition) is 2. The Morgan fingerprint density at radius 1 is 1.17 bits per heavy atom. The van der Waals surface area contributed by atoms with Crippen molar-refractivity contribution >= 4 is 62.7 Å². The Kier molecular flexibility index (Phi) is 7.40. The number of rotatable bonds is 6. The Morgan fingerprint density at radius 3 is 2.55 bits per heavy atom. The zero-order valence-corrected chi connectivity index (χ0v) is 18.6. The summed E-state index contributed by atoms with van der Waals surface area (Å²) in [6.07, 6.45) is 0.612. The standard InChI is InChI=1S/C18H20N6O2S3/c1-4-14(28-18-24-23-17(29-18)19-11(3)25)15(26)20-16-22-21-13(9-27-16)12-7-5-10(2)6-8-12/h5-8,14H,4,9H2,1-3H3,(H,19,23,25)(H,20,22,26)/t14-/m1/s1. The Morgan fingerprint density at radius 2 is 1.93 bits per heavy atom. The third-order valence-electron chi connectivity index (χ3n) is 3.82. The van der Waals surface area contributed by atoms with E-state index in [-0.39, 0.29) is 17.1 Å². The van der Waals surface area contributed by atoms with Crippen molar-refractivity contribution in [3.05, 3.63) is 35.4 Å². The molecule has 8 nitrogen and oxygen atoms in total. The van der Waals surface area contributed by atoms with Crippen molar-refractivity contribution in [2.75, 3.05) is 11.1 Å². The lowest BCUT2D eigenvalue weighted by molar-refractivity contribution is -0.119. The number of nitrogens with one attached hydrogen (secondary N) is 2. The molecule has 0 unspecified atom stereocenters. The van der Waals surface area contributed by atoms with Gasteiger partial charge >= 0.3 is 0 Å². The van der Waals surface area contributed by atoms with E-state index >= 15 is 0 Å². The van der Waals surface area contributed by atoms with Crippen molar-refractivity contribution < 1.29 is 9.59 Å². The van der Waals surface area contributed by atoms with Crippen LogP contribution >= 0.6 is 34.9 Å². The summed E-state index contributed by atoms with van der Waals surface area (Å²) in [7, 11) is 0. The predicted octanol–water partition coefficient (Wildman–Crippen LogP) is 3.30. The maximum absolute atomic E-state index is 12.6. The van der Waals surface area contributed by atoms with Crippen LogP contribution in [0.5, 0.6) is 0 Å². The van der Waals surface area contributed by atoms with Crippen molar-refractivity contribution in [3.8, 4) is 0 Å². The number of hydrogen-bond acceptors (Lipinski definition) is 9. The van der Waals surface area contributed by atoms with Gasteiger partial charge in [0.1, 0.15) is 0 Å². The summed E-state index contributed by atoms with van der Waals surface area (Å²) >= 11 is 4.00. The second-order valence-electron chi connectivity index (χ2n) is 6.16. The van der Waals surface area contributed by atoms with Crippen LogP contribution < -0.4 is 10.6 Å². The number of amides is 2. The molecule has 0 aliphatic carbocycles. The van der Waals surface area contributed by atoms with E-state index < -0.39 is 0 Å². The summed E-state index contributed by atoms with van der Waals surface area (Å²) in [5.41, 5.74) is 3.11. The summed E-state index contributed by atoms with van der Waals surface area (Å²) < 4.78 is 0.619. The average molecular weight is 449 g/mol. The van der Waals surface area contributed by atoms with Crippen LogP contribution in [0, 0.1) is 6.92 Å². The topological polar surface area (TPSA) is 109 Å². The van der Waals surface area contributed by atoms with E-state index in [9.17, 15) is 9.59 Å². The highest BCUT2D eigenvalue weighted by Gasteiger charge is 2.23. The molecule has 0 fully saturated rings. The number of aryl methyl sites for hydroxylation is 1. The normalized spacial score (nSPS) is 14.6. The van der Waals surface area contributed by atoms with Crippen molar-refractivity contribution in [3.63, 3.8) is 0 Å². The number of thioether (sulfide) groups is 2. The number of amidine groups is 1. The summed E-state index contributed by atoms with van der Waals surface area (Å²) in [5.74, 6) is 0.275. The zero-order valence-electron chi connectivity index (χ0n) is 16.1. The molecule has 0 saturated heterocycles. The van der Waals surface area contributed by atoms with Gasteiger partial charge in [-0.2, -0.15) is 5.10 Å². The van der Waals surface area contributed by atoms with E-state index in [2.05, 4.69) is 31.0 Å². The van der Waals surface area contributed by atoms with Gasteiger partial charge in [-0.1, -0.05) is 71.6 Å². The van der Waals surface area contributed by atoms with E-state index in [0.717, 1.165) is 11.3 Å². The second kappa shape index (κ2) is 9.99. The molecule has 3 rings (SSSR count). The van der Waals surface area contributed by atoms with Crippen LogP contribution in [0.2, 0.25) is 0 Å². The summed E-state index contributed by atoms with van der Waals surface area (Å²) in [6, 6.07) is 8.12. The number of carbonyl (C=O) groups is 2. The molecule has 1 atom stereocenters. The van der Waals surface area contributed by atoms with Gasteiger partial charge in [0.25, 0.3) is 0 Å². The van der Waals surface area contributed by atoms with Gasteiger partial charge in [-0.3, -0.25) is 9.59 Å². The third kappa shape index (κ3) is 6.12. The largest absolute Gasteiger partial charge is 0.303 e. The van der Waals surface area contributed by atoms with Gasteiger partial charge in [0.05, 0.1) is 11.0 Å². The van der Waals surface area contributed by atoms with Crippen LogP contribution in [-0.2, 0) is 9.59 Å². The minimum Gasteiger partial charge on any atom is -0.303 e. The van der Waals surface area contributed by atoms with Gasteiger partial charge in [0, 0.05) is 12.7 Å². The molecule has 0 radical (unpaired) electrons. The van der Waals surface area contributed by atoms with Crippen LogP contribution in [0.15, 0.2) is 38.8 Å². The van der Waals surface area contributed by atoms with Gasteiger partial charge in [0.2, 0.25) is 16.9 Å². The average Bonchev–Trinajstić information content (AvgIpc) is 3.13. The molecule has 152 valence electrons. The van der Waals surface area contributed by atoms with E-state index in [0.29, 0.717) is 26.8 Å². The van der Waals surface area contributed by atoms with Crippen molar-refractivity contribution in [2.24, 2.45) is 10.2 Å². The first kappa shape index (κ1) is 21.5. The van der Waals surface area contributed by atoms with Gasteiger partial charge in [0.15, 0.2) is 9.51 Å². The van der Waals surface area contributed by atoms with E-state index in [4.69, 9.17) is 0 Å². The van der Waals surface area contributed by atoms with Crippen LogP contribution in [0.4, 0.5) is 5.13 Å². The van der Waals surface area contributed by atoms with Crippen LogP contribution in [0.3, 0.4) is 0 Å². The maximum atomic E-state index is 12.6.